The fraction of sp³-hybridized carbons (Fsp3) is 0.647. The molecule has 1 heterocycles. The average Bonchev–Trinajstić information content (AvgIpc) is 2.62. The maximum Gasteiger partial charge on any atom is 0.268 e. The van der Waals surface area contributed by atoms with Crippen LogP contribution in [0, 0.1) is 10.1 Å². The van der Waals surface area contributed by atoms with Crippen molar-refractivity contribution in [2.75, 3.05) is 43.4 Å². The highest BCUT2D eigenvalue weighted by Gasteiger charge is 2.09. The second-order valence-electron chi connectivity index (χ2n) is 5.96. The Bertz CT molecular complexity index is 604. The third-order valence-corrected chi connectivity index (χ3v) is 3.53. The van der Waals surface area contributed by atoms with Gasteiger partial charge >= 0.3 is 0 Å². The van der Waals surface area contributed by atoms with Crippen LogP contribution in [0.15, 0.2) is 17.2 Å². The van der Waals surface area contributed by atoms with Crippen LogP contribution < -0.4 is 26.0 Å². The molecule has 0 aliphatic heterocycles. The molecule has 0 aliphatic carbocycles. The molecule has 0 atom stereocenters. The van der Waals surface area contributed by atoms with Gasteiger partial charge in [0.15, 0.2) is 5.03 Å². The van der Waals surface area contributed by atoms with Gasteiger partial charge in [-0.3, -0.25) is 0 Å². The van der Waals surface area contributed by atoms with Crippen molar-refractivity contribution < 1.29 is 9.77 Å². The van der Waals surface area contributed by atoms with Gasteiger partial charge in [-0.15, -0.1) is 0 Å². The maximum absolute atomic E-state index is 10.6. The number of rotatable bonds is 12. The molecule has 0 bridgehead atoms. The van der Waals surface area contributed by atoms with E-state index in [1.165, 1.54) is 0 Å². The van der Waals surface area contributed by atoms with E-state index in [0.717, 1.165) is 38.0 Å². The summed E-state index contributed by atoms with van der Waals surface area (Å²) in [4.78, 5) is 17.0. The van der Waals surface area contributed by atoms with Crippen molar-refractivity contribution in [3.63, 3.8) is 0 Å². The number of ether oxygens (including phenoxy) is 1. The summed E-state index contributed by atoms with van der Waals surface area (Å²) in [5, 5.41) is 18.8. The molecule has 4 N–H and O–H groups in total. The Morgan fingerprint density at radius 2 is 1.89 bits per heavy atom. The number of hydrazone groups is 1. The summed E-state index contributed by atoms with van der Waals surface area (Å²) in [6, 6.07) is 3.70. The minimum atomic E-state index is -0.742. The summed E-state index contributed by atoms with van der Waals surface area (Å²) in [6.45, 7) is 9.28. The fourth-order valence-electron chi connectivity index (χ4n) is 2.46. The van der Waals surface area contributed by atoms with E-state index < -0.39 is 5.03 Å². The molecule has 1 rings (SSSR count). The SMILES string of the molecule is CCCN/C(=N\[N+](=O)[O-])NCCOc1cc(N(CCC)CCC)cc(N)n1. The smallest absolute Gasteiger partial charge is 0.268 e. The second-order valence-corrected chi connectivity index (χ2v) is 5.96. The molecule has 0 amide bonds. The first kappa shape index (κ1) is 22.3. The van der Waals surface area contributed by atoms with Crippen LogP contribution in [-0.4, -0.2) is 48.8 Å². The van der Waals surface area contributed by atoms with E-state index in [2.05, 4.69) is 39.5 Å². The van der Waals surface area contributed by atoms with Gasteiger partial charge in [0.2, 0.25) is 5.88 Å². The number of nitrogen functional groups attached to an aromatic ring is 1. The molecule has 27 heavy (non-hydrogen) atoms. The van der Waals surface area contributed by atoms with Gasteiger partial charge in [0, 0.05) is 37.5 Å². The topological polar surface area (TPSA) is 131 Å². The van der Waals surface area contributed by atoms with Crippen LogP contribution in [0.2, 0.25) is 0 Å². The van der Waals surface area contributed by atoms with Crippen LogP contribution >= 0.6 is 0 Å². The summed E-state index contributed by atoms with van der Waals surface area (Å²) < 4.78 is 5.66. The van der Waals surface area contributed by atoms with E-state index in [9.17, 15) is 10.1 Å². The molecule has 0 aromatic carbocycles. The molecule has 0 aliphatic rings. The highest BCUT2D eigenvalue weighted by molar-refractivity contribution is 5.79. The lowest BCUT2D eigenvalue weighted by molar-refractivity contribution is -0.485. The summed E-state index contributed by atoms with van der Waals surface area (Å²) in [5.74, 6) is 0.940. The molecule has 1 aromatic rings. The van der Waals surface area contributed by atoms with Gasteiger partial charge in [0.05, 0.1) is 6.54 Å². The summed E-state index contributed by atoms with van der Waals surface area (Å²) in [7, 11) is 0. The lowest BCUT2D eigenvalue weighted by Crippen LogP contribution is -2.40. The minimum Gasteiger partial charge on any atom is -0.476 e. The van der Waals surface area contributed by atoms with Crippen molar-refractivity contribution >= 4 is 17.5 Å². The first-order chi connectivity index (χ1) is 13.0. The third-order valence-electron chi connectivity index (χ3n) is 3.53. The zero-order chi connectivity index (χ0) is 20.1. The first-order valence-corrected chi connectivity index (χ1v) is 9.36. The van der Waals surface area contributed by atoms with Gasteiger partial charge in [-0.05, 0) is 19.3 Å². The average molecular weight is 381 g/mol. The predicted molar refractivity (Wildman–Crippen MR) is 108 cm³/mol. The van der Waals surface area contributed by atoms with Gasteiger partial charge in [0.1, 0.15) is 17.5 Å². The van der Waals surface area contributed by atoms with Gasteiger partial charge in [0.25, 0.3) is 5.96 Å². The Hall–Kier alpha value is -2.78. The summed E-state index contributed by atoms with van der Waals surface area (Å²) in [6.07, 6.45) is 2.90. The second kappa shape index (κ2) is 12.6. The number of guanidine groups is 1. The van der Waals surface area contributed by atoms with Gasteiger partial charge in [-0.2, -0.15) is 4.98 Å². The van der Waals surface area contributed by atoms with E-state index in [4.69, 9.17) is 10.5 Å². The molecular formula is C17H31N7O3. The van der Waals surface area contributed by atoms with Crippen LogP contribution in [0.3, 0.4) is 0 Å². The Balaban J connectivity index is 2.64. The molecule has 0 fully saturated rings. The molecule has 1 aromatic heterocycles. The number of nitrogens with one attached hydrogen (secondary N) is 2. The molecule has 0 radical (unpaired) electrons. The normalized spacial score (nSPS) is 11.1. The van der Waals surface area contributed by atoms with Gasteiger partial charge in [-0.25, -0.2) is 10.1 Å². The lowest BCUT2D eigenvalue weighted by atomic mass is 10.3. The minimum absolute atomic E-state index is 0.115. The van der Waals surface area contributed by atoms with E-state index in [1.54, 1.807) is 0 Å². The standard InChI is InChI=1S/C17H31N7O3/c1-4-7-19-17(22-24(25)26)20-8-11-27-16-13-14(12-15(18)21-16)23(9-5-2)10-6-3/h12-13H,4-11H2,1-3H3,(H2,18,21)(H2,19,20,22). The van der Waals surface area contributed by atoms with Crippen LogP contribution in [0.5, 0.6) is 5.88 Å². The lowest BCUT2D eigenvalue weighted by Gasteiger charge is -2.24. The Morgan fingerprint density at radius 3 is 2.48 bits per heavy atom. The summed E-state index contributed by atoms with van der Waals surface area (Å²) >= 11 is 0. The zero-order valence-corrected chi connectivity index (χ0v) is 16.4. The Morgan fingerprint density at radius 1 is 1.22 bits per heavy atom. The molecule has 10 heteroatoms. The van der Waals surface area contributed by atoms with Crippen molar-refractivity contribution in [2.45, 2.75) is 40.0 Å². The monoisotopic (exact) mass is 381 g/mol. The van der Waals surface area contributed by atoms with Crippen molar-refractivity contribution in [1.29, 1.82) is 0 Å². The number of anilines is 2. The quantitative estimate of drug-likeness (QED) is 0.164. The van der Waals surface area contributed by atoms with Crippen molar-refractivity contribution in [3.05, 3.63) is 22.2 Å². The van der Waals surface area contributed by atoms with E-state index in [0.29, 0.717) is 24.8 Å². The van der Waals surface area contributed by atoms with Gasteiger partial charge in [-0.1, -0.05) is 20.8 Å². The maximum atomic E-state index is 10.6. The van der Waals surface area contributed by atoms with E-state index in [1.807, 2.05) is 19.1 Å². The number of nitro groups is 1. The molecular weight excluding hydrogens is 350 g/mol. The molecule has 0 unspecified atom stereocenters. The van der Waals surface area contributed by atoms with Crippen molar-refractivity contribution in [2.24, 2.45) is 5.10 Å². The van der Waals surface area contributed by atoms with Crippen LogP contribution in [0.1, 0.15) is 40.0 Å². The number of hydrogen-bond acceptors (Lipinski definition) is 6. The number of pyridine rings is 1. The largest absolute Gasteiger partial charge is 0.476 e. The highest BCUT2D eigenvalue weighted by Crippen LogP contribution is 2.23. The molecule has 152 valence electrons. The Labute approximate surface area is 160 Å². The first-order valence-electron chi connectivity index (χ1n) is 9.36. The number of aromatic nitrogens is 1. The highest BCUT2D eigenvalue weighted by atomic mass is 16.7. The van der Waals surface area contributed by atoms with E-state index in [-0.39, 0.29) is 12.6 Å². The van der Waals surface area contributed by atoms with Crippen LogP contribution in [0.4, 0.5) is 11.5 Å². The third kappa shape index (κ3) is 8.93. The zero-order valence-electron chi connectivity index (χ0n) is 16.4. The van der Waals surface area contributed by atoms with Crippen molar-refractivity contribution in [1.82, 2.24) is 15.6 Å². The fourth-order valence-corrected chi connectivity index (χ4v) is 2.46. The molecule has 0 saturated heterocycles. The number of nitrogens with zero attached hydrogens (tertiary/aromatic N) is 4. The molecule has 10 nitrogen and oxygen atoms in total. The Kier molecular flexibility index (Phi) is 10.4. The van der Waals surface area contributed by atoms with E-state index >= 15 is 0 Å². The predicted octanol–water partition coefficient (Wildman–Crippen LogP) is 1.81. The molecule has 0 spiro atoms. The number of nitrogens with two attached hydrogens (primary N) is 1. The summed E-state index contributed by atoms with van der Waals surface area (Å²) in [5.41, 5.74) is 6.90. The van der Waals surface area contributed by atoms with Crippen LogP contribution in [0.25, 0.3) is 0 Å². The number of hydrogen-bond donors (Lipinski definition) is 3. The molecule has 0 saturated carbocycles. The van der Waals surface area contributed by atoms with Gasteiger partial charge < -0.3 is 26.0 Å². The van der Waals surface area contributed by atoms with Crippen LogP contribution in [-0.2, 0) is 0 Å². The van der Waals surface area contributed by atoms with Crippen molar-refractivity contribution in [3.8, 4) is 5.88 Å².